The van der Waals surface area contributed by atoms with Gasteiger partial charge in [-0.1, -0.05) is 0 Å². The first-order valence-electron chi connectivity index (χ1n) is 5.45. The molecule has 1 rings (SSSR count). The van der Waals surface area contributed by atoms with Crippen molar-refractivity contribution in [3.8, 4) is 0 Å². The number of halogens is 2. The molecule has 1 aromatic rings. The second-order valence-corrected chi connectivity index (χ2v) is 5.16. The summed E-state index contributed by atoms with van der Waals surface area (Å²) in [7, 11) is 1.88. The van der Waals surface area contributed by atoms with Gasteiger partial charge in [-0.05, 0) is 20.9 Å². The van der Waals surface area contributed by atoms with Gasteiger partial charge < -0.3 is 10.1 Å². The average molecular weight is 264 g/mol. The lowest BCUT2D eigenvalue weighted by atomic mass is 10.0. The topological polar surface area (TPSA) is 34.1 Å². The predicted octanol–water partition coefficient (Wildman–Crippen LogP) is 2.42. The Kier molecular flexibility index (Phi) is 5.42. The van der Waals surface area contributed by atoms with Crippen LogP contribution in [0.1, 0.15) is 24.5 Å². The van der Waals surface area contributed by atoms with Crippen LogP contribution in [-0.4, -0.2) is 31.7 Å². The quantitative estimate of drug-likeness (QED) is 0.768. The van der Waals surface area contributed by atoms with Crippen LogP contribution < -0.4 is 5.32 Å². The van der Waals surface area contributed by atoms with Gasteiger partial charge in [0, 0.05) is 11.8 Å². The lowest BCUT2D eigenvalue weighted by Gasteiger charge is -2.21. The van der Waals surface area contributed by atoms with E-state index in [0.29, 0.717) is 6.42 Å². The van der Waals surface area contributed by atoms with E-state index < -0.39 is 13.0 Å². The highest BCUT2D eigenvalue weighted by atomic mass is 32.1. The molecule has 0 aromatic carbocycles. The zero-order valence-corrected chi connectivity index (χ0v) is 11.1. The molecule has 0 radical (unpaired) electrons. The number of thiazole rings is 1. The number of aromatic nitrogens is 1. The van der Waals surface area contributed by atoms with Crippen molar-refractivity contribution < 1.29 is 13.5 Å². The highest BCUT2D eigenvalue weighted by molar-refractivity contribution is 7.09. The van der Waals surface area contributed by atoms with Crippen molar-refractivity contribution >= 4 is 11.3 Å². The number of nitrogens with zero attached hydrogens (tertiary/aromatic N) is 1. The number of hydrogen-bond donors (Lipinski definition) is 1. The largest absolute Gasteiger partial charge is 0.375 e. The molecule has 0 aliphatic heterocycles. The second kappa shape index (κ2) is 6.37. The highest BCUT2D eigenvalue weighted by Crippen LogP contribution is 2.21. The van der Waals surface area contributed by atoms with Crippen LogP contribution in [0.25, 0.3) is 0 Å². The van der Waals surface area contributed by atoms with E-state index in [1.165, 1.54) is 11.3 Å². The Morgan fingerprint density at radius 3 is 2.82 bits per heavy atom. The summed E-state index contributed by atoms with van der Waals surface area (Å²) in [5.41, 5.74) is 0.798. The maximum atomic E-state index is 11.8. The predicted molar refractivity (Wildman–Crippen MR) is 64.7 cm³/mol. The van der Waals surface area contributed by atoms with Crippen LogP contribution in [0.15, 0.2) is 5.38 Å². The maximum absolute atomic E-state index is 11.8. The number of ether oxygens (including phenoxy) is 1. The SMILES string of the molecule is CNC(C)(C)c1csc(CCOCC(F)F)n1. The minimum Gasteiger partial charge on any atom is -0.375 e. The summed E-state index contributed by atoms with van der Waals surface area (Å²) in [5, 5.41) is 6.07. The number of alkyl halides is 2. The molecule has 0 spiro atoms. The van der Waals surface area contributed by atoms with Crippen LogP contribution in [0.2, 0.25) is 0 Å². The van der Waals surface area contributed by atoms with Crippen LogP contribution in [0.5, 0.6) is 0 Å². The van der Waals surface area contributed by atoms with E-state index in [2.05, 4.69) is 10.3 Å². The maximum Gasteiger partial charge on any atom is 0.261 e. The summed E-state index contributed by atoms with van der Waals surface area (Å²) in [6, 6.07) is 0. The molecule has 0 saturated heterocycles. The van der Waals surface area contributed by atoms with Crippen molar-refractivity contribution in [2.45, 2.75) is 32.2 Å². The Morgan fingerprint density at radius 1 is 1.53 bits per heavy atom. The third-order valence-corrected chi connectivity index (χ3v) is 3.43. The fourth-order valence-electron chi connectivity index (χ4n) is 1.17. The van der Waals surface area contributed by atoms with E-state index in [0.717, 1.165) is 10.7 Å². The van der Waals surface area contributed by atoms with Crippen LogP contribution in [0, 0.1) is 0 Å². The van der Waals surface area contributed by atoms with E-state index in [1.54, 1.807) is 0 Å². The van der Waals surface area contributed by atoms with Gasteiger partial charge in [0.25, 0.3) is 6.43 Å². The molecule has 98 valence electrons. The highest BCUT2D eigenvalue weighted by Gasteiger charge is 2.20. The third kappa shape index (κ3) is 4.65. The van der Waals surface area contributed by atoms with Crippen LogP contribution in [0.4, 0.5) is 8.78 Å². The van der Waals surface area contributed by atoms with Gasteiger partial charge in [-0.15, -0.1) is 11.3 Å². The van der Waals surface area contributed by atoms with E-state index in [-0.39, 0.29) is 12.1 Å². The van der Waals surface area contributed by atoms with Crippen molar-refractivity contribution in [2.75, 3.05) is 20.3 Å². The monoisotopic (exact) mass is 264 g/mol. The molecular weight excluding hydrogens is 246 g/mol. The lowest BCUT2D eigenvalue weighted by Crippen LogP contribution is -2.33. The molecule has 0 saturated carbocycles. The first kappa shape index (κ1) is 14.5. The molecule has 1 aromatic heterocycles. The minimum absolute atomic E-state index is 0.168. The van der Waals surface area contributed by atoms with Gasteiger partial charge in [0.05, 0.1) is 22.8 Å². The smallest absolute Gasteiger partial charge is 0.261 e. The van der Waals surface area contributed by atoms with Gasteiger partial charge in [-0.3, -0.25) is 0 Å². The van der Waals surface area contributed by atoms with Crippen LogP contribution >= 0.6 is 11.3 Å². The molecule has 1 heterocycles. The number of rotatable bonds is 7. The summed E-state index contributed by atoms with van der Waals surface area (Å²) in [4.78, 5) is 4.46. The van der Waals surface area contributed by atoms with Gasteiger partial charge in [0.1, 0.15) is 6.61 Å². The first-order chi connectivity index (χ1) is 7.95. The molecule has 0 bridgehead atoms. The second-order valence-electron chi connectivity index (χ2n) is 4.22. The molecule has 6 heteroatoms. The van der Waals surface area contributed by atoms with E-state index in [9.17, 15) is 8.78 Å². The fraction of sp³-hybridized carbons (Fsp3) is 0.727. The Labute approximate surface area is 104 Å². The molecule has 0 aliphatic carbocycles. The Hall–Kier alpha value is -0.590. The zero-order chi connectivity index (χ0) is 12.9. The average Bonchev–Trinajstić information content (AvgIpc) is 2.73. The third-order valence-electron chi connectivity index (χ3n) is 2.52. The van der Waals surface area contributed by atoms with Crippen molar-refractivity contribution in [2.24, 2.45) is 0 Å². The van der Waals surface area contributed by atoms with Crippen molar-refractivity contribution in [1.29, 1.82) is 0 Å². The molecule has 0 unspecified atom stereocenters. The van der Waals surface area contributed by atoms with Gasteiger partial charge >= 0.3 is 0 Å². The normalized spacial score (nSPS) is 12.4. The van der Waals surface area contributed by atoms with E-state index in [4.69, 9.17) is 4.74 Å². The molecule has 0 fully saturated rings. The molecular formula is C11H18F2N2OS. The van der Waals surface area contributed by atoms with Crippen molar-refractivity contribution in [1.82, 2.24) is 10.3 Å². The summed E-state index contributed by atoms with van der Waals surface area (Å²) >= 11 is 1.53. The van der Waals surface area contributed by atoms with Gasteiger partial charge in [-0.25, -0.2) is 13.8 Å². The lowest BCUT2D eigenvalue weighted by molar-refractivity contribution is 0.0187. The summed E-state index contributed by atoms with van der Waals surface area (Å²) < 4.78 is 28.5. The number of hydrogen-bond acceptors (Lipinski definition) is 4. The minimum atomic E-state index is -2.40. The Morgan fingerprint density at radius 2 is 2.24 bits per heavy atom. The summed E-state index contributed by atoms with van der Waals surface area (Å²) in [5.74, 6) is 0. The van der Waals surface area contributed by atoms with Crippen LogP contribution in [-0.2, 0) is 16.7 Å². The number of nitrogens with one attached hydrogen (secondary N) is 1. The summed E-state index contributed by atoms with van der Waals surface area (Å²) in [6.45, 7) is 3.87. The first-order valence-corrected chi connectivity index (χ1v) is 6.33. The Balaban J connectivity index is 2.41. The summed E-state index contributed by atoms with van der Waals surface area (Å²) in [6.07, 6.45) is -1.82. The van der Waals surface area contributed by atoms with Gasteiger partial charge in [-0.2, -0.15) is 0 Å². The molecule has 17 heavy (non-hydrogen) atoms. The van der Waals surface area contributed by atoms with Crippen molar-refractivity contribution in [3.05, 3.63) is 16.1 Å². The fourth-order valence-corrected chi connectivity index (χ4v) is 2.12. The molecule has 3 nitrogen and oxygen atoms in total. The molecule has 0 atom stereocenters. The zero-order valence-electron chi connectivity index (χ0n) is 10.3. The Bertz CT molecular complexity index is 342. The van der Waals surface area contributed by atoms with Gasteiger partial charge in [0.2, 0.25) is 0 Å². The molecule has 0 aliphatic rings. The molecule has 1 N–H and O–H groups in total. The van der Waals surface area contributed by atoms with E-state index in [1.807, 2.05) is 26.3 Å². The van der Waals surface area contributed by atoms with E-state index >= 15 is 0 Å². The van der Waals surface area contributed by atoms with Gasteiger partial charge in [0.15, 0.2) is 0 Å². The van der Waals surface area contributed by atoms with Crippen LogP contribution in [0.3, 0.4) is 0 Å². The molecule has 0 amide bonds. The standard InChI is InChI=1S/C11H18F2N2OS/c1-11(2,14-3)8-7-17-10(15-8)4-5-16-6-9(12)13/h7,9,14H,4-6H2,1-3H3. The van der Waals surface area contributed by atoms with Crippen molar-refractivity contribution in [3.63, 3.8) is 0 Å².